The minimum absolute atomic E-state index is 0.889. The van der Waals surface area contributed by atoms with Crippen LogP contribution in [0.1, 0.15) is 12.8 Å². The summed E-state index contributed by atoms with van der Waals surface area (Å²) in [5, 5.41) is 7.00. The number of ether oxygens (including phenoxy) is 1. The van der Waals surface area contributed by atoms with Gasteiger partial charge in [0.1, 0.15) is 0 Å². The zero-order valence-corrected chi connectivity index (χ0v) is 7.55. The van der Waals surface area contributed by atoms with E-state index in [4.69, 9.17) is 9.84 Å². The summed E-state index contributed by atoms with van der Waals surface area (Å²) in [5.74, 6) is 0. The summed E-state index contributed by atoms with van der Waals surface area (Å²) in [6.07, 6.45) is 2.76. The molecule has 11 heavy (non-hydrogen) atoms. The molecule has 1 N–H and O–H groups in total. The lowest BCUT2D eigenvalue weighted by Crippen LogP contribution is -2.23. The van der Waals surface area contributed by atoms with Crippen molar-refractivity contribution in [2.75, 3.05) is 40.5 Å². The van der Waals surface area contributed by atoms with Gasteiger partial charge in [0.25, 0.3) is 0 Å². The first kappa shape index (κ1) is 10.9. The minimum atomic E-state index is 0.889. The van der Waals surface area contributed by atoms with Gasteiger partial charge in [0.2, 0.25) is 0 Å². The first-order valence-corrected chi connectivity index (χ1v) is 4.09. The Morgan fingerprint density at radius 1 is 1.27 bits per heavy atom. The fourth-order valence-corrected chi connectivity index (χ4v) is 1.23. The van der Waals surface area contributed by atoms with Crippen LogP contribution in [0.2, 0.25) is 0 Å². The number of rotatable bonds is 3. The highest BCUT2D eigenvalue weighted by atomic mass is 16.5. The van der Waals surface area contributed by atoms with Gasteiger partial charge in [-0.1, -0.05) is 0 Å². The number of aliphatic hydroxyl groups excluding tert-OH is 1. The molecule has 1 saturated heterocycles. The highest BCUT2D eigenvalue weighted by molar-refractivity contribution is 4.64. The summed E-state index contributed by atoms with van der Waals surface area (Å²) in [7, 11) is 2.76. The molecular weight excluding hydrogens is 142 g/mol. The van der Waals surface area contributed by atoms with Crippen LogP contribution in [0.3, 0.4) is 0 Å². The van der Waals surface area contributed by atoms with Gasteiger partial charge in [-0.3, -0.25) is 0 Å². The zero-order valence-electron chi connectivity index (χ0n) is 7.55. The molecule has 1 rings (SSSR count). The Bertz CT molecular complexity index is 72.5. The zero-order chi connectivity index (χ0) is 8.53. The number of nitrogens with zero attached hydrogens (tertiary/aromatic N) is 1. The SMILES string of the molecule is CO.COCCN1CCCC1. The van der Waals surface area contributed by atoms with Gasteiger partial charge in [0.15, 0.2) is 0 Å². The van der Waals surface area contributed by atoms with Gasteiger partial charge >= 0.3 is 0 Å². The van der Waals surface area contributed by atoms with Gasteiger partial charge in [-0.15, -0.1) is 0 Å². The molecule has 3 nitrogen and oxygen atoms in total. The Morgan fingerprint density at radius 3 is 2.27 bits per heavy atom. The van der Waals surface area contributed by atoms with Gasteiger partial charge in [-0.2, -0.15) is 0 Å². The second-order valence-electron chi connectivity index (χ2n) is 2.54. The molecule has 0 aliphatic carbocycles. The Balaban J connectivity index is 0.000000461. The highest BCUT2D eigenvalue weighted by Crippen LogP contribution is 2.05. The van der Waals surface area contributed by atoms with Crippen molar-refractivity contribution in [3.8, 4) is 0 Å². The van der Waals surface area contributed by atoms with Crippen molar-refractivity contribution < 1.29 is 9.84 Å². The van der Waals surface area contributed by atoms with Crippen molar-refractivity contribution in [2.24, 2.45) is 0 Å². The first-order valence-electron chi connectivity index (χ1n) is 4.09. The number of likely N-dealkylation sites (tertiary alicyclic amines) is 1. The molecule has 0 radical (unpaired) electrons. The molecule has 0 bridgehead atoms. The first-order chi connectivity index (χ1) is 5.43. The molecule has 0 aromatic heterocycles. The predicted molar refractivity (Wildman–Crippen MR) is 45.7 cm³/mol. The standard InChI is InChI=1S/C7H15NO.CH4O/c1-9-7-6-8-4-2-3-5-8;1-2/h2-7H2,1H3;2H,1H3. The average Bonchev–Trinajstić information content (AvgIpc) is 2.57. The normalized spacial score (nSPS) is 17.7. The second-order valence-corrected chi connectivity index (χ2v) is 2.54. The van der Waals surface area contributed by atoms with E-state index in [0.29, 0.717) is 0 Å². The van der Waals surface area contributed by atoms with Crippen LogP contribution in [-0.2, 0) is 4.74 Å². The summed E-state index contributed by atoms with van der Waals surface area (Å²) >= 11 is 0. The largest absolute Gasteiger partial charge is 0.400 e. The van der Waals surface area contributed by atoms with E-state index in [2.05, 4.69) is 4.90 Å². The maximum atomic E-state index is 7.00. The van der Waals surface area contributed by atoms with Crippen LogP contribution < -0.4 is 0 Å². The molecule has 1 heterocycles. The Morgan fingerprint density at radius 2 is 1.82 bits per heavy atom. The second kappa shape index (κ2) is 7.98. The fourth-order valence-electron chi connectivity index (χ4n) is 1.23. The molecule has 1 fully saturated rings. The van der Waals surface area contributed by atoms with E-state index in [1.165, 1.54) is 25.9 Å². The summed E-state index contributed by atoms with van der Waals surface area (Å²) in [6.45, 7) is 4.57. The van der Waals surface area contributed by atoms with Crippen molar-refractivity contribution in [2.45, 2.75) is 12.8 Å². The quantitative estimate of drug-likeness (QED) is 0.648. The van der Waals surface area contributed by atoms with E-state index in [9.17, 15) is 0 Å². The molecular formula is C8H19NO2. The summed E-state index contributed by atoms with van der Waals surface area (Å²) in [4.78, 5) is 2.45. The topological polar surface area (TPSA) is 32.7 Å². The Labute approximate surface area is 69.0 Å². The molecule has 0 amide bonds. The molecule has 1 aliphatic heterocycles. The van der Waals surface area contributed by atoms with Crippen molar-refractivity contribution >= 4 is 0 Å². The third-order valence-corrected chi connectivity index (χ3v) is 1.81. The number of methoxy groups -OCH3 is 1. The minimum Gasteiger partial charge on any atom is -0.400 e. The molecule has 0 unspecified atom stereocenters. The van der Waals surface area contributed by atoms with Crippen LogP contribution in [0, 0.1) is 0 Å². The van der Waals surface area contributed by atoms with Crippen LogP contribution in [0.25, 0.3) is 0 Å². The van der Waals surface area contributed by atoms with Crippen molar-refractivity contribution in [3.05, 3.63) is 0 Å². The molecule has 3 heteroatoms. The molecule has 1 aliphatic rings. The third-order valence-electron chi connectivity index (χ3n) is 1.81. The molecule has 68 valence electrons. The monoisotopic (exact) mass is 161 g/mol. The lowest BCUT2D eigenvalue weighted by molar-refractivity contribution is 0.161. The van der Waals surface area contributed by atoms with Gasteiger partial charge in [0.05, 0.1) is 6.61 Å². The van der Waals surface area contributed by atoms with E-state index in [1.807, 2.05) is 0 Å². The lowest BCUT2D eigenvalue weighted by atomic mass is 10.4. The van der Waals surface area contributed by atoms with Crippen LogP contribution in [0.5, 0.6) is 0 Å². The molecule has 0 spiro atoms. The summed E-state index contributed by atoms with van der Waals surface area (Å²) < 4.78 is 4.96. The number of aliphatic hydroxyl groups is 1. The summed E-state index contributed by atoms with van der Waals surface area (Å²) in [6, 6.07) is 0. The van der Waals surface area contributed by atoms with Gasteiger partial charge < -0.3 is 14.7 Å². The van der Waals surface area contributed by atoms with Gasteiger partial charge in [-0.05, 0) is 25.9 Å². The maximum Gasteiger partial charge on any atom is 0.0589 e. The van der Waals surface area contributed by atoms with E-state index in [-0.39, 0.29) is 0 Å². The Hall–Kier alpha value is -0.120. The van der Waals surface area contributed by atoms with Crippen LogP contribution >= 0.6 is 0 Å². The number of hydrogen-bond donors (Lipinski definition) is 1. The Kier molecular flexibility index (Phi) is 7.89. The highest BCUT2D eigenvalue weighted by Gasteiger charge is 2.09. The van der Waals surface area contributed by atoms with Gasteiger partial charge in [-0.25, -0.2) is 0 Å². The fraction of sp³-hybridized carbons (Fsp3) is 1.00. The smallest absolute Gasteiger partial charge is 0.0589 e. The maximum absolute atomic E-state index is 7.00. The van der Waals surface area contributed by atoms with E-state index in [0.717, 1.165) is 20.3 Å². The van der Waals surface area contributed by atoms with Crippen LogP contribution in [0.4, 0.5) is 0 Å². The van der Waals surface area contributed by atoms with Crippen LogP contribution in [-0.4, -0.2) is 50.5 Å². The molecule has 0 aromatic carbocycles. The summed E-state index contributed by atoms with van der Waals surface area (Å²) in [5.41, 5.74) is 0. The molecule has 0 aromatic rings. The van der Waals surface area contributed by atoms with Crippen molar-refractivity contribution in [1.29, 1.82) is 0 Å². The van der Waals surface area contributed by atoms with Crippen molar-refractivity contribution in [1.82, 2.24) is 4.90 Å². The van der Waals surface area contributed by atoms with E-state index < -0.39 is 0 Å². The van der Waals surface area contributed by atoms with Crippen LogP contribution in [0.15, 0.2) is 0 Å². The van der Waals surface area contributed by atoms with E-state index in [1.54, 1.807) is 7.11 Å². The van der Waals surface area contributed by atoms with Crippen molar-refractivity contribution in [3.63, 3.8) is 0 Å². The number of hydrogen-bond acceptors (Lipinski definition) is 3. The predicted octanol–water partition coefficient (Wildman–Crippen LogP) is 0.337. The average molecular weight is 161 g/mol. The molecule has 0 saturated carbocycles. The van der Waals surface area contributed by atoms with E-state index >= 15 is 0 Å². The van der Waals surface area contributed by atoms with Gasteiger partial charge in [0, 0.05) is 20.8 Å². The molecule has 0 atom stereocenters. The third kappa shape index (κ3) is 5.18. The lowest BCUT2D eigenvalue weighted by Gasteiger charge is -2.12.